The quantitative estimate of drug-likeness (QED) is 0.867. The minimum Gasteiger partial charge on any atom is -0.497 e. The molecule has 2 atom stereocenters. The summed E-state index contributed by atoms with van der Waals surface area (Å²) in [7, 11) is 1.72. The third kappa shape index (κ3) is 2.46. The lowest BCUT2D eigenvalue weighted by Gasteiger charge is -2.28. The predicted octanol–water partition coefficient (Wildman–Crippen LogP) is 3.30. The van der Waals surface area contributed by atoms with Crippen molar-refractivity contribution in [3.63, 3.8) is 0 Å². The minimum atomic E-state index is 0.558. The maximum absolute atomic E-state index is 5.95. The Hall–Kier alpha value is -2.00. The molecule has 114 valence electrons. The highest BCUT2D eigenvalue weighted by molar-refractivity contribution is 5.45. The summed E-state index contributed by atoms with van der Waals surface area (Å²) in [5.74, 6) is 3.10. The monoisotopic (exact) mass is 295 g/mol. The Labute approximate surface area is 131 Å². The van der Waals surface area contributed by atoms with Crippen LogP contribution < -0.4 is 9.47 Å². The van der Waals surface area contributed by atoms with E-state index in [4.69, 9.17) is 9.47 Å². The predicted molar refractivity (Wildman–Crippen MR) is 86.4 cm³/mol. The zero-order chi connectivity index (χ0) is 14.9. The molecule has 0 spiro atoms. The SMILES string of the molecule is COc1ccc2c(c1)[C@@H]1CN(Cc3ccccc3)C[C@H]1CO2. The minimum absolute atomic E-state index is 0.558. The van der Waals surface area contributed by atoms with Gasteiger partial charge >= 0.3 is 0 Å². The van der Waals surface area contributed by atoms with Crippen LogP contribution in [-0.2, 0) is 6.54 Å². The van der Waals surface area contributed by atoms with Gasteiger partial charge in [0.2, 0.25) is 0 Å². The van der Waals surface area contributed by atoms with Gasteiger partial charge in [-0.15, -0.1) is 0 Å². The second-order valence-corrected chi connectivity index (χ2v) is 6.26. The standard InChI is InChI=1S/C19H21NO2/c1-21-16-7-8-19-17(9-16)18-12-20(11-15(18)13-22-19)10-14-5-3-2-4-6-14/h2-9,15,18H,10-13H2,1H3/t15-,18+/m0/s1. The maximum Gasteiger partial charge on any atom is 0.123 e. The Morgan fingerprint density at radius 2 is 2.00 bits per heavy atom. The summed E-state index contributed by atoms with van der Waals surface area (Å²) in [6, 6.07) is 16.9. The number of hydrogen-bond acceptors (Lipinski definition) is 3. The van der Waals surface area contributed by atoms with Crippen LogP contribution in [0.15, 0.2) is 48.5 Å². The molecule has 0 N–H and O–H groups in total. The first-order chi connectivity index (χ1) is 10.8. The molecule has 2 heterocycles. The van der Waals surface area contributed by atoms with Crippen molar-refractivity contribution in [3.05, 3.63) is 59.7 Å². The second-order valence-electron chi connectivity index (χ2n) is 6.26. The van der Waals surface area contributed by atoms with E-state index in [1.54, 1.807) is 7.11 Å². The van der Waals surface area contributed by atoms with Crippen molar-refractivity contribution < 1.29 is 9.47 Å². The van der Waals surface area contributed by atoms with Crippen LogP contribution in [0.5, 0.6) is 11.5 Å². The third-order valence-corrected chi connectivity index (χ3v) is 4.83. The van der Waals surface area contributed by atoms with Gasteiger partial charge in [-0.3, -0.25) is 4.90 Å². The van der Waals surface area contributed by atoms with Crippen molar-refractivity contribution in [2.75, 3.05) is 26.8 Å². The lowest BCUT2D eigenvalue weighted by molar-refractivity contribution is 0.211. The molecule has 2 aromatic carbocycles. The molecule has 3 nitrogen and oxygen atoms in total. The highest BCUT2D eigenvalue weighted by atomic mass is 16.5. The van der Waals surface area contributed by atoms with Crippen LogP contribution in [-0.4, -0.2) is 31.7 Å². The summed E-state index contributed by atoms with van der Waals surface area (Å²) < 4.78 is 11.3. The number of ether oxygens (including phenoxy) is 2. The Bertz CT molecular complexity index is 656. The van der Waals surface area contributed by atoms with Crippen molar-refractivity contribution in [2.45, 2.75) is 12.5 Å². The molecule has 0 unspecified atom stereocenters. The van der Waals surface area contributed by atoms with E-state index in [0.29, 0.717) is 11.8 Å². The molecule has 0 aromatic heterocycles. The molecular formula is C19H21NO2. The Morgan fingerprint density at radius 1 is 1.14 bits per heavy atom. The Kier molecular flexibility index (Phi) is 3.51. The topological polar surface area (TPSA) is 21.7 Å². The van der Waals surface area contributed by atoms with E-state index in [9.17, 15) is 0 Å². The van der Waals surface area contributed by atoms with Crippen molar-refractivity contribution in [1.29, 1.82) is 0 Å². The number of likely N-dealkylation sites (tertiary alicyclic amines) is 1. The molecular weight excluding hydrogens is 274 g/mol. The van der Waals surface area contributed by atoms with E-state index in [-0.39, 0.29) is 0 Å². The Balaban J connectivity index is 1.55. The largest absolute Gasteiger partial charge is 0.497 e. The molecule has 2 aromatic rings. The van der Waals surface area contributed by atoms with Crippen molar-refractivity contribution in [1.82, 2.24) is 4.90 Å². The molecule has 0 amide bonds. The van der Waals surface area contributed by atoms with E-state index >= 15 is 0 Å². The van der Waals surface area contributed by atoms with Gasteiger partial charge in [-0.25, -0.2) is 0 Å². The van der Waals surface area contributed by atoms with Gasteiger partial charge in [-0.05, 0) is 23.8 Å². The van der Waals surface area contributed by atoms with Crippen LogP contribution in [0, 0.1) is 5.92 Å². The first kappa shape index (κ1) is 13.6. The number of methoxy groups -OCH3 is 1. The average molecular weight is 295 g/mol. The Morgan fingerprint density at radius 3 is 2.82 bits per heavy atom. The second kappa shape index (κ2) is 5.65. The fraction of sp³-hybridized carbons (Fsp3) is 0.368. The number of benzene rings is 2. The average Bonchev–Trinajstić information content (AvgIpc) is 2.98. The van der Waals surface area contributed by atoms with E-state index in [2.05, 4.69) is 41.3 Å². The zero-order valence-electron chi connectivity index (χ0n) is 12.9. The van der Waals surface area contributed by atoms with Gasteiger partial charge in [0, 0.05) is 37.0 Å². The third-order valence-electron chi connectivity index (χ3n) is 4.83. The molecule has 4 rings (SSSR count). The first-order valence-electron chi connectivity index (χ1n) is 7.90. The van der Waals surface area contributed by atoms with Crippen LogP contribution in [0.4, 0.5) is 0 Å². The molecule has 1 fully saturated rings. The molecule has 2 aliphatic rings. The summed E-state index contributed by atoms with van der Waals surface area (Å²) in [6.07, 6.45) is 0. The molecule has 0 bridgehead atoms. The molecule has 0 saturated carbocycles. The van der Waals surface area contributed by atoms with E-state index in [0.717, 1.165) is 37.7 Å². The van der Waals surface area contributed by atoms with Gasteiger partial charge in [-0.1, -0.05) is 30.3 Å². The number of hydrogen-bond donors (Lipinski definition) is 0. The highest BCUT2D eigenvalue weighted by Gasteiger charge is 2.38. The molecule has 22 heavy (non-hydrogen) atoms. The van der Waals surface area contributed by atoms with Crippen LogP contribution in [0.1, 0.15) is 17.0 Å². The summed E-state index contributed by atoms with van der Waals surface area (Å²) in [5, 5.41) is 0. The molecule has 2 aliphatic heterocycles. The summed E-state index contributed by atoms with van der Waals surface area (Å²) in [4.78, 5) is 2.54. The number of fused-ring (bicyclic) bond motifs is 3. The van der Waals surface area contributed by atoms with Crippen molar-refractivity contribution in [2.24, 2.45) is 5.92 Å². The van der Waals surface area contributed by atoms with Crippen LogP contribution >= 0.6 is 0 Å². The van der Waals surface area contributed by atoms with Gasteiger partial charge in [-0.2, -0.15) is 0 Å². The van der Waals surface area contributed by atoms with Gasteiger partial charge in [0.05, 0.1) is 13.7 Å². The zero-order valence-corrected chi connectivity index (χ0v) is 12.9. The van der Waals surface area contributed by atoms with Crippen LogP contribution in [0.3, 0.4) is 0 Å². The van der Waals surface area contributed by atoms with Crippen LogP contribution in [0.25, 0.3) is 0 Å². The van der Waals surface area contributed by atoms with Crippen LogP contribution in [0.2, 0.25) is 0 Å². The fourth-order valence-electron chi connectivity index (χ4n) is 3.72. The molecule has 3 heteroatoms. The van der Waals surface area contributed by atoms with E-state index in [1.807, 2.05) is 12.1 Å². The first-order valence-corrected chi connectivity index (χ1v) is 7.90. The highest BCUT2D eigenvalue weighted by Crippen LogP contribution is 2.43. The van der Waals surface area contributed by atoms with Gasteiger partial charge in [0.25, 0.3) is 0 Å². The van der Waals surface area contributed by atoms with E-state index in [1.165, 1.54) is 11.1 Å². The van der Waals surface area contributed by atoms with Gasteiger partial charge < -0.3 is 9.47 Å². The lowest BCUT2D eigenvalue weighted by atomic mass is 9.87. The normalized spacial score (nSPS) is 23.5. The maximum atomic E-state index is 5.95. The van der Waals surface area contributed by atoms with Gasteiger partial charge in [0.15, 0.2) is 0 Å². The summed E-state index contributed by atoms with van der Waals surface area (Å²) in [6.45, 7) is 4.06. The molecule has 0 aliphatic carbocycles. The number of rotatable bonds is 3. The van der Waals surface area contributed by atoms with E-state index < -0.39 is 0 Å². The van der Waals surface area contributed by atoms with Crippen molar-refractivity contribution in [3.8, 4) is 11.5 Å². The van der Waals surface area contributed by atoms with Crippen molar-refractivity contribution >= 4 is 0 Å². The molecule has 1 saturated heterocycles. The smallest absolute Gasteiger partial charge is 0.123 e. The van der Waals surface area contributed by atoms with Gasteiger partial charge in [0.1, 0.15) is 11.5 Å². The summed E-state index contributed by atoms with van der Waals surface area (Å²) in [5.41, 5.74) is 2.69. The fourth-order valence-corrected chi connectivity index (χ4v) is 3.72. The molecule has 0 radical (unpaired) electrons. The number of nitrogens with zero attached hydrogens (tertiary/aromatic N) is 1. The summed E-state index contributed by atoms with van der Waals surface area (Å²) >= 11 is 0. The lowest BCUT2D eigenvalue weighted by Crippen LogP contribution is -2.25.